The molecule has 0 saturated heterocycles. The van der Waals surface area contributed by atoms with E-state index in [4.69, 9.17) is 0 Å². The van der Waals surface area contributed by atoms with Crippen LogP contribution in [-0.4, -0.2) is 0 Å². The molecule has 0 aliphatic heterocycles. The predicted molar refractivity (Wildman–Crippen MR) is 49.3 cm³/mol. The van der Waals surface area contributed by atoms with Crippen LogP contribution < -0.4 is 0 Å². The second-order valence-corrected chi connectivity index (χ2v) is 2.87. The van der Waals surface area contributed by atoms with Crippen LogP contribution in [0.5, 0.6) is 0 Å². The minimum absolute atomic E-state index is 0.135. The van der Waals surface area contributed by atoms with Crippen LogP contribution in [0.2, 0.25) is 0 Å². The first-order valence-electron chi connectivity index (χ1n) is 4.39. The summed E-state index contributed by atoms with van der Waals surface area (Å²) in [6.07, 6.45) is 5.30. The average Bonchev–Trinajstić information content (AvgIpc) is 2.05. The summed E-state index contributed by atoms with van der Waals surface area (Å²) in [7, 11) is 0. The van der Waals surface area contributed by atoms with Crippen molar-refractivity contribution in [2.45, 2.75) is 26.2 Å². The zero-order valence-electron chi connectivity index (χ0n) is 7.39. The van der Waals surface area contributed by atoms with Crippen molar-refractivity contribution in [3.8, 4) is 0 Å². The van der Waals surface area contributed by atoms with E-state index in [0.717, 1.165) is 24.8 Å². The summed E-state index contributed by atoms with van der Waals surface area (Å²) in [5.41, 5.74) is 1.08. The first kappa shape index (κ1) is 9.24. The van der Waals surface area contributed by atoms with Crippen molar-refractivity contribution in [2.24, 2.45) is 0 Å². The number of unbranched alkanes of at least 4 members (excludes halogenated alkanes) is 2. The summed E-state index contributed by atoms with van der Waals surface area (Å²) in [4.78, 5) is 0. The lowest BCUT2D eigenvalue weighted by atomic mass is 10.1. The molecule has 0 amide bonds. The first-order chi connectivity index (χ1) is 5.83. The summed E-state index contributed by atoms with van der Waals surface area (Å²) in [6.45, 7) is 2.12. The number of hydrogen-bond acceptors (Lipinski definition) is 0. The van der Waals surface area contributed by atoms with Gasteiger partial charge in [0.25, 0.3) is 0 Å². The summed E-state index contributed by atoms with van der Waals surface area (Å²) in [6, 6.07) is 6.81. The minimum atomic E-state index is -0.135. The van der Waals surface area contributed by atoms with Gasteiger partial charge in [-0.3, -0.25) is 0 Å². The van der Waals surface area contributed by atoms with Crippen LogP contribution >= 0.6 is 0 Å². The molecule has 0 aliphatic rings. The highest BCUT2D eigenvalue weighted by atomic mass is 19.1. The normalized spacial score (nSPS) is 10.2. The topological polar surface area (TPSA) is 0 Å². The molecule has 0 fully saturated rings. The van der Waals surface area contributed by atoms with Gasteiger partial charge in [-0.2, -0.15) is 0 Å². The van der Waals surface area contributed by atoms with Gasteiger partial charge in [-0.25, -0.2) is 4.39 Å². The zero-order chi connectivity index (χ0) is 8.81. The smallest absolute Gasteiger partial charge is 0.123 e. The molecule has 0 nitrogen and oxygen atoms in total. The van der Waals surface area contributed by atoms with Crippen molar-refractivity contribution >= 4 is 0 Å². The Balaban J connectivity index is 2.41. The number of halogens is 1. The molecular weight excluding hydrogens is 151 g/mol. The highest BCUT2D eigenvalue weighted by molar-refractivity contribution is 5.16. The van der Waals surface area contributed by atoms with E-state index in [1.807, 2.05) is 6.07 Å². The summed E-state index contributed by atoms with van der Waals surface area (Å²) in [5, 5.41) is 0. The molecule has 0 aliphatic carbocycles. The van der Waals surface area contributed by atoms with E-state index in [1.54, 1.807) is 12.1 Å². The van der Waals surface area contributed by atoms with Gasteiger partial charge in [0.2, 0.25) is 0 Å². The van der Waals surface area contributed by atoms with Crippen LogP contribution in [0.3, 0.4) is 0 Å². The van der Waals surface area contributed by atoms with Gasteiger partial charge in [-0.05, 0) is 37.0 Å². The summed E-state index contributed by atoms with van der Waals surface area (Å²) >= 11 is 0. The van der Waals surface area contributed by atoms with E-state index in [2.05, 4.69) is 13.3 Å². The Morgan fingerprint density at radius 1 is 1.42 bits per heavy atom. The molecule has 1 radical (unpaired) electrons. The highest BCUT2D eigenvalue weighted by Gasteiger charge is 1.94. The third kappa shape index (κ3) is 3.04. The number of aryl methyl sites for hydroxylation is 1. The molecule has 65 valence electrons. The van der Waals surface area contributed by atoms with Crippen LogP contribution in [-0.2, 0) is 6.42 Å². The Morgan fingerprint density at radius 3 is 2.92 bits per heavy atom. The second-order valence-electron chi connectivity index (χ2n) is 2.87. The van der Waals surface area contributed by atoms with Gasteiger partial charge in [0.15, 0.2) is 0 Å². The Hall–Kier alpha value is -0.850. The fourth-order valence-electron chi connectivity index (χ4n) is 1.17. The van der Waals surface area contributed by atoms with E-state index in [0.29, 0.717) is 0 Å². The summed E-state index contributed by atoms with van der Waals surface area (Å²) in [5.74, 6) is -0.135. The highest BCUT2D eigenvalue weighted by Crippen LogP contribution is 2.07. The maximum absolute atomic E-state index is 12.7. The molecule has 0 spiro atoms. The van der Waals surface area contributed by atoms with Gasteiger partial charge >= 0.3 is 0 Å². The molecule has 0 N–H and O–H groups in total. The lowest BCUT2D eigenvalue weighted by molar-refractivity contribution is 0.625. The van der Waals surface area contributed by atoms with Crippen molar-refractivity contribution in [1.29, 1.82) is 0 Å². The van der Waals surface area contributed by atoms with Crippen LogP contribution in [0.1, 0.15) is 25.3 Å². The Morgan fingerprint density at radius 2 is 2.25 bits per heavy atom. The van der Waals surface area contributed by atoms with E-state index < -0.39 is 0 Å². The Labute approximate surface area is 73.4 Å². The monoisotopic (exact) mass is 165 g/mol. The molecule has 1 aromatic carbocycles. The van der Waals surface area contributed by atoms with E-state index in [1.165, 1.54) is 6.07 Å². The fourth-order valence-corrected chi connectivity index (χ4v) is 1.17. The van der Waals surface area contributed by atoms with Gasteiger partial charge in [0, 0.05) is 0 Å². The largest absolute Gasteiger partial charge is 0.207 e. The van der Waals surface area contributed by atoms with Gasteiger partial charge in [0.1, 0.15) is 5.82 Å². The van der Waals surface area contributed by atoms with Crippen molar-refractivity contribution in [2.75, 3.05) is 0 Å². The SMILES string of the molecule is CC[CH]CCc1cccc(F)c1. The van der Waals surface area contributed by atoms with Gasteiger partial charge in [0.05, 0.1) is 0 Å². The molecule has 1 rings (SSSR count). The molecule has 0 unspecified atom stereocenters. The van der Waals surface area contributed by atoms with Gasteiger partial charge < -0.3 is 0 Å². The predicted octanol–water partition coefficient (Wildman–Crippen LogP) is 3.37. The fraction of sp³-hybridized carbons (Fsp3) is 0.364. The summed E-state index contributed by atoms with van der Waals surface area (Å²) < 4.78 is 12.7. The zero-order valence-corrected chi connectivity index (χ0v) is 7.39. The molecule has 1 heteroatoms. The standard InChI is InChI=1S/C11H14F/c1-2-3-4-6-10-7-5-8-11(12)9-10/h3,5,7-9H,2,4,6H2,1H3. The molecule has 0 heterocycles. The molecule has 1 aromatic rings. The molecule has 0 bridgehead atoms. The van der Waals surface area contributed by atoms with Crippen LogP contribution in [0.4, 0.5) is 4.39 Å². The number of hydrogen-bond donors (Lipinski definition) is 0. The maximum Gasteiger partial charge on any atom is 0.123 e. The third-order valence-corrected chi connectivity index (χ3v) is 1.81. The van der Waals surface area contributed by atoms with Gasteiger partial charge in [-0.15, -0.1) is 0 Å². The van der Waals surface area contributed by atoms with Crippen molar-refractivity contribution < 1.29 is 4.39 Å². The number of rotatable bonds is 4. The van der Waals surface area contributed by atoms with E-state index >= 15 is 0 Å². The third-order valence-electron chi connectivity index (χ3n) is 1.81. The van der Waals surface area contributed by atoms with Crippen molar-refractivity contribution in [1.82, 2.24) is 0 Å². The van der Waals surface area contributed by atoms with Crippen LogP contribution in [0.15, 0.2) is 24.3 Å². The molecule has 12 heavy (non-hydrogen) atoms. The Bertz CT molecular complexity index is 230. The van der Waals surface area contributed by atoms with Crippen LogP contribution in [0.25, 0.3) is 0 Å². The molecular formula is C11H14F. The van der Waals surface area contributed by atoms with Gasteiger partial charge in [-0.1, -0.05) is 25.5 Å². The van der Waals surface area contributed by atoms with Crippen LogP contribution in [0, 0.1) is 12.2 Å². The van der Waals surface area contributed by atoms with E-state index in [-0.39, 0.29) is 5.82 Å². The Kier molecular flexibility index (Phi) is 3.78. The minimum Gasteiger partial charge on any atom is -0.207 e. The average molecular weight is 165 g/mol. The quantitative estimate of drug-likeness (QED) is 0.600. The van der Waals surface area contributed by atoms with Crippen molar-refractivity contribution in [3.63, 3.8) is 0 Å². The second kappa shape index (κ2) is 4.91. The lowest BCUT2D eigenvalue weighted by Gasteiger charge is -1.99. The molecule has 0 aromatic heterocycles. The van der Waals surface area contributed by atoms with E-state index in [9.17, 15) is 4.39 Å². The number of benzene rings is 1. The lowest BCUT2D eigenvalue weighted by Crippen LogP contribution is -1.86. The maximum atomic E-state index is 12.7. The first-order valence-corrected chi connectivity index (χ1v) is 4.39. The molecule has 0 saturated carbocycles. The van der Waals surface area contributed by atoms with Crippen molar-refractivity contribution in [3.05, 3.63) is 42.1 Å². The molecule has 0 atom stereocenters.